The molecule has 2 amide bonds. The molecule has 0 fully saturated rings. The van der Waals surface area contributed by atoms with Gasteiger partial charge in [-0.05, 0) is 24.3 Å². The molecule has 1 aliphatic heterocycles. The minimum absolute atomic E-state index is 0.151. The van der Waals surface area contributed by atoms with Crippen molar-refractivity contribution in [3.63, 3.8) is 0 Å². The van der Waals surface area contributed by atoms with Crippen LogP contribution in [0, 0.1) is 0 Å². The number of carbonyl (C=O) groups is 2. The highest BCUT2D eigenvalue weighted by Crippen LogP contribution is 2.30. The predicted molar refractivity (Wildman–Crippen MR) is 95.4 cm³/mol. The van der Waals surface area contributed by atoms with Gasteiger partial charge in [-0.15, -0.1) is 11.8 Å². The molecule has 0 saturated carbocycles. The molecule has 7 nitrogen and oxygen atoms in total. The highest BCUT2D eigenvalue weighted by molar-refractivity contribution is 9.10. The third-order valence-electron chi connectivity index (χ3n) is 3.47. The Bertz CT molecular complexity index is 866. The van der Waals surface area contributed by atoms with E-state index in [9.17, 15) is 14.4 Å². The Morgan fingerprint density at radius 3 is 2.75 bits per heavy atom. The van der Waals surface area contributed by atoms with Gasteiger partial charge in [0.15, 0.2) is 0 Å². The van der Waals surface area contributed by atoms with Gasteiger partial charge in [0, 0.05) is 17.2 Å². The summed E-state index contributed by atoms with van der Waals surface area (Å²) < 4.78 is 1.96. The number of carbonyl (C=O) groups excluding carboxylic acids is 2. The van der Waals surface area contributed by atoms with Crippen molar-refractivity contribution in [3.05, 3.63) is 45.3 Å². The van der Waals surface area contributed by atoms with E-state index in [2.05, 4.69) is 26.3 Å². The summed E-state index contributed by atoms with van der Waals surface area (Å²) in [6.45, 7) is -0.227. The first kappa shape index (κ1) is 16.7. The minimum atomic E-state index is -0.457. The van der Waals surface area contributed by atoms with Crippen LogP contribution in [-0.4, -0.2) is 34.4 Å². The number of thioether (sulfide) groups is 1. The molecule has 9 heteroatoms. The molecular formula is C15H13BrN4O3S. The summed E-state index contributed by atoms with van der Waals surface area (Å²) >= 11 is 4.59. The number of hydrogen-bond acceptors (Lipinski definition) is 5. The maximum Gasteiger partial charge on any atom is 0.292 e. The lowest BCUT2D eigenvalue weighted by Gasteiger charge is -2.24. The van der Waals surface area contributed by atoms with E-state index in [1.807, 2.05) is 0 Å². The zero-order chi connectivity index (χ0) is 17.3. The molecule has 0 atom stereocenters. The largest absolute Gasteiger partial charge is 0.324 e. The van der Waals surface area contributed by atoms with Crippen molar-refractivity contribution in [2.24, 2.45) is 0 Å². The number of aromatic nitrogens is 2. The summed E-state index contributed by atoms with van der Waals surface area (Å²) in [4.78, 5) is 38.4. The molecule has 1 aliphatic rings. The van der Waals surface area contributed by atoms with Crippen molar-refractivity contribution in [2.75, 3.05) is 23.0 Å². The van der Waals surface area contributed by atoms with Crippen LogP contribution in [-0.2, 0) is 16.1 Å². The van der Waals surface area contributed by atoms with Gasteiger partial charge in [-0.3, -0.25) is 14.4 Å². The topological polar surface area (TPSA) is 84.3 Å². The Kier molecular flexibility index (Phi) is 4.72. The van der Waals surface area contributed by atoms with Gasteiger partial charge in [0.1, 0.15) is 12.2 Å². The van der Waals surface area contributed by atoms with Crippen LogP contribution in [0.3, 0.4) is 0 Å². The molecule has 0 saturated heterocycles. The number of halogens is 1. The van der Waals surface area contributed by atoms with E-state index in [4.69, 9.17) is 0 Å². The van der Waals surface area contributed by atoms with Crippen LogP contribution < -0.4 is 15.8 Å². The fourth-order valence-corrected chi connectivity index (χ4v) is 3.44. The van der Waals surface area contributed by atoms with Gasteiger partial charge >= 0.3 is 0 Å². The van der Waals surface area contributed by atoms with E-state index in [1.165, 1.54) is 22.9 Å². The molecular weight excluding hydrogens is 396 g/mol. The summed E-state index contributed by atoms with van der Waals surface area (Å²) in [6.07, 6.45) is 1.51. The molecule has 0 unspecified atom stereocenters. The summed E-state index contributed by atoms with van der Waals surface area (Å²) in [5.41, 5.74) is 0.432. The van der Waals surface area contributed by atoms with Crippen LogP contribution in [0.4, 0.5) is 11.4 Å². The lowest BCUT2D eigenvalue weighted by atomic mass is 10.3. The smallest absolute Gasteiger partial charge is 0.292 e. The van der Waals surface area contributed by atoms with Gasteiger partial charge in [0.2, 0.25) is 11.8 Å². The fourth-order valence-electron chi connectivity index (χ4n) is 2.22. The van der Waals surface area contributed by atoms with Gasteiger partial charge in [0.25, 0.3) is 5.56 Å². The predicted octanol–water partition coefficient (Wildman–Crippen LogP) is 1.71. The Hall–Kier alpha value is -2.13. The summed E-state index contributed by atoms with van der Waals surface area (Å²) in [7, 11) is 1.55. The highest BCUT2D eigenvalue weighted by Gasteiger charge is 2.26. The third-order valence-corrected chi connectivity index (χ3v) is 5.00. The van der Waals surface area contributed by atoms with Crippen LogP contribution >= 0.6 is 27.7 Å². The Balaban J connectivity index is 1.80. The molecule has 0 radical (unpaired) electrons. The van der Waals surface area contributed by atoms with Gasteiger partial charge in [-0.2, -0.15) is 5.10 Å². The summed E-state index contributed by atoms with van der Waals surface area (Å²) in [6, 6.07) is 7.09. The molecule has 124 valence electrons. The van der Waals surface area contributed by atoms with E-state index in [0.717, 1.165) is 9.15 Å². The van der Waals surface area contributed by atoms with Gasteiger partial charge in [0.05, 0.1) is 16.8 Å². The first-order chi connectivity index (χ1) is 11.5. The molecule has 2 heterocycles. The number of nitrogens with zero attached hydrogens (tertiary/aromatic N) is 3. The molecule has 0 spiro atoms. The number of hydrogen-bond donors (Lipinski definition) is 1. The number of benzene rings is 1. The summed E-state index contributed by atoms with van der Waals surface area (Å²) in [5, 5.41) is 6.72. The standard InChI is InChI=1S/C15H13BrN4O3S/c1-19-13(22)8-24-11-6-17-20(15(23)14(11)19)7-12(21)18-10-4-2-9(16)3-5-10/h2-6H,7-8H2,1H3,(H,18,21). The zero-order valence-corrected chi connectivity index (χ0v) is 15.1. The SMILES string of the molecule is CN1C(=O)CSc2cnn(CC(=O)Nc3ccc(Br)cc3)c(=O)c21. The number of fused-ring (bicyclic) bond motifs is 1. The number of nitrogens with one attached hydrogen (secondary N) is 1. The number of anilines is 2. The average molecular weight is 409 g/mol. The lowest BCUT2D eigenvalue weighted by molar-refractivity contribution is -0.117. The van der Waals surface area contributed by atoms with Crippen molar-refractivity contribution in [3.8, 4) is 0 Å². The first-order valence-electron chi connectivity index (χ1n) is 7.00. The quantitative estimate of drug-likeness (QED) is 0.835. The lowest BCUT2D eigenvalue weighted by Crippen LogP contribution is -2.40. The zero-order valence-electron chi connectivity index (χ0n) is 12.7. The van der Waals surface area contributed by atoms with Crippen molar-refractivity contribution in [1.29, 1.82) is 0 Å². The van der Waals surface area contributed by atoms with Crippen molar-refractivity contribution in [1.82, 2.24) is 9.78 Å². The molecule has 1 aromatic heterocycles. The molecule has 3 rings (SSSR count). The molecule has 1 N–H and O–H groups in total. The second-order valence-electron chi connectivity index (χ2n) is 5.12. The van der Waals surface area contributed by atoms with E-state index in [-0.39, 0.29) is 29.8 Å². The molecule has 2 aromatic rings. The van der Waals surface area contributed by atoms with Gasteiger partial charge < -0.3 is 10.2 Å². The summed E-state index contributed by atoms with van der Waals surface area (Å²) in [5.74, 6) is -0.246. The van der Waals surface area contributed by atoms with Crippen molar-refractivity contribution >= 4 is 50.9 Å². The van der Waals surface area contributed by atoms with Crippen LogP contribution in [0.15, 0.2) is 44.6 Å². The number of rotatable bonds is 3. The van der Waals surface area contributed by atoms with Crippen LogP contribution in [0.1, 0.15) is 0 Å². The van der Waals surface area contributed by atoms with Gasteiger partial charge in [-0.25, -0.2) is 4.68 Å². The van der Waals surface area contributed by atoms with Crippen LogP contribution in [0.25, 0.3) is 0 Å². The second kappa shape index (κ2) is 6.78. The van der Waals surface area contributed by atoms with Crippen molar-refractivity contribution < 1.29 is 9.59 Å². The maximum absolute atomic E-state index is 12.5. The Labute approximate surface area is 150 Å². The maximum atomic E-state index is 12.5. The molecule has 1 aromatic carbocycles. The Morgan fingerprint density at radius 2 is 2.04 bits per heavy atom. The number of amides is 2. The molecule has 0 bridgehead atoms. The normalized spacial score (nSPS) is 13.6. The highest BCUT2D eigenvalue weighted by atomic mass is 79.9. The first-order valence-corrected chi connectivity index (χ1v) is 8.78. The monoisotopic (exact) mass is 408 g/mol. The van der Waals surface area contributed by atoms with Crippen LogP contribution in [0.2, 0.25) is 0 Å². The fraction of sp³-hybridized carbons (Fsp3) is 0.200. The van der Waals surface area contributed by atoms with Gasteiger partial charge in [-0.1, -0.05) is 15.9 Å². The molecule has 0 aliphatic carbocycles. The second-order valence-corrected chi connectivity index (χ2v) is 7.05. The minimum Gasteiger partial charge on any atom is -0.324 e. The Morgan fingerprint density at radius 1 is 1.33 bits per heavy atom. The van der Waals surface area contributed by atoms with Crippen LogP contribution in [0.5, 0.6) is 0 Å². The van der Waals surface area contributed by atoms with E-state index < -0.39 is 5.56 Å². The van der Waals surface area contributed by atoms with E-state index in [0.29, 0.717) is 10.6 Å². The van der Waals surface area contributed by atoms with Crippen molar-refractivity contribution in [2.45, 2.75) is 11.4 Å². The third kappa shape index (κ3) is 3.36. The molecule has 24 heavy (non-hydrogen) atoms. The average Bonchev–Trinajstić information content (AvgIpc) is 2.55. The van der Waals surface area contributed by atoms with E-state index >= 15 is 0 Å². The van der Waals surface area contributed by atoms with E-state index in [1.54, 1.807) is 31.3 Å².